The van der Waals surface area contributed by atoms with Crippen LogP contribution in [0.3, 0.4) is 0 Å². The summed E-state index contributed by atoms with van der Waals surface area (Å²) in [6, 6.07) is 4.50. The average molecular weight is 488 g/mol. The van der Waals surface area contributed by atoms with Gasteiger partial charge in [0.1, 0.15) is 0 Å². The zero-order valence-electron chi connectivity index (χ0n) is 21.9. The third-order valence-corrected chi connectivity index (χ3v) is 38.8. The lowest BCUT2D eigenvalue weighted by Crippen LogP contribution is -2.77. The van der Waals surface area contributed by atoms with Crippen molar-refractivity contribution in [3.8, 4) is 0 Å². The Labute approximate surface area is 186 Å². The highest BCUT2D eigenvalue weighted by molar-refractivity contribution is 7.70. The lowest BCUT2D eigenvalue weighted by Gasteiger charge is -2.63. The van der Waals surface area contributed by atoms with E-state index in [1.807, 2.05) is 0 Å². The van der Waals surface area contributed by atoms with Crippen LogP contribution < -0.4 is 4.34 Å². The first-order valence-electron chi connectivity index (χ1n) is 10.9. The van der Waals surface area contributed by atoms with Crippen LogP contribution in [0, 0.1) is 20.8 Å². The Balaban J connectivity index is 4.05. The summed E-state index contributed by atoms with van der Waals surface area (Å²) in [4.78, 5) is 0. The van der Waals surface area contributed by atoms with E-state index in [-0.39, 0.29) is 4.03 Å². The molecule has 0 radical (unpaired) electrons. The summed E-state index contributed by atoms with van der Waals surface area (Å²) >= 11 is 0. The Morgan fingerprint density at radius 2 is 1.00 bits per heavy atom. The highest BCUT2D eigenvalue weighted by Crippen LogP contribution is 2.68. The molecule has 0 aromatic heterocycles. The molecule has 0 amide bonds. The van der Waals surface area contributed by atoms with Crippen molar-refractivity contribution in [2.75, 3.05) is 4.34 Å². The zero-order chi connectivity index (χ0) is 23.4. The van der Waals surface area contributed by atoms with Gasteiger partial charge in [0.05, 0.1) is 24.2 Å². The van der Waals surface area contributed by atoms with Crippen molar-refractivity contribution in [1.29, 1.82) is 0 Å². The standard InChI is InChI=1S/C22H47FNPSi4/c1-18-16-19(2)21(20(3)17-18)24(29(13,14)15)25(23)22(26(4,5)6,27(7,8)9)28(10,11)12/h16-17H,1-15H3. The normalized spacial score (nSPS) is 15.4. The molecule has 0 saturated carbocycles. The van der Waals surface area contributed by atoms with Crippen LogP contribution in [0.2, 0.25) is 78.6 Å². The fourth-order valence-corrected chi connectivity index (χ4v) is 46.4. The molecule has 0 saturated heterocycles. The van der Waals surface area contributed by atoms with Gasteiger partial charge in [0.15, 0.2) is 16.6 Å². The number of halogens is 1. The smallest absolute Gasteiger partial charge is 0.173 e. The van der Waals surface area contributed by atoms with E-state index >= 15 is 4.20 Å². The quantitative estimate of drug-likeness (QED) is 0.274. The van der Waals surface area contributed by atoms with E-state index in [0.717, 1.165) is 0 Å². The van der Waals surface area contributed by atoms with E-state index < -0.39 is 40.8 Å². The largest absolute Gasteiger partial charge is 0.353 e. The lowest BCUT2D eigenvalue weighted by molar-refractivity contribution is 0.869. The molecule has 1 unspecified atom stereocenters. The molecular formula is C22H47FNPSi4. The maximum atomic E-state index is 17.6. The summed E-state index contributed by atoms with van der Waals surface area (Å²) < 4.78 is 19.9. The van der Waals surface area contributed by atoms with Gasteiger partial charge < -0.3 is 4.34 Å². The molecule has 0 aliphatic carbocycles. The topological polar surface area (TPSA) is 3.24 Å². The van der Waals surface area contributed by atoms with Crippen LogP contribution >= 0.6 is 8.38 Å². The van der Waals surface area contributed by atoms with E-state index in [0.29, 0.717) is 0 Å². The minimum Gasteiger partial charge on any atom is -0.353 e. The number of benzene rings is 1. The molecule has 0 aliphatic rings. The van der Waals surface area contributed by atoms with E-state index in [2.05, 4.69) is 116 Å². The molecule has 0 heterocycles. The van der Waals surface area contributed by atoms with Crippen LogP contribution in [0.15, 0.2) is 12.1 Å². The van der Waals surface area contributed by atoms with Gasteiger partial charge in [-0.2, -0.15) is 0 Å². The molecular weight excluding hydrogens is 441 g/mol. The van der Waals surface area contributed by atoms with Crippen LogP contribution in [-0.4, -0.2) is 36.5 Å². The van der Waals surface area contributed by atoms with Crippen molar-refractivity contribution in [2.45, 2.75) is 103 Å². The van der Waals surface area contributed by atoms with Crippen molar-refractivity contribution < 1.29 is 4.20 Å². The van der Waals surface area contributed by atoms with Crippen molar-refractivity contribution in [3.05, 3.63) is 28.8 Å². The molecule has 0 N–H and O–H groups in total. The van der Waals surface area contributed by atoms with E-state index in [9.17, 15) is 0 Å². The second-order valence-electron chi connectivity index (χ2n) is 13.0. The van der Waals surface area contributed by atoms with Gasteiger partial charge in [0.25, 0.3) is 0 Å². The monoisotopic (exact) mass is 487 g/mol. The second kappa shape index (κ2) is 8.31. The molecule has 1 atom stereocenters. The fraction of sp³-hybridized carbons (Fsp3) is 0.727. The zero-order valence-corrected chi connectivity index (χ0v) is 26.8. The van der Waals surface area contributed by atoms with Gasteiger partial charge >= 0.3 is 0 Å². The molecule has 0 fully saturated rings. The molecule has 168 valence electrons. The van der Waals surface area contributed by atoms with Crippen LogP contribution in [0.4, 0.5) is 9.88 Å². The number of hydrogen-bond acceptors (Lipinski definition) is 1. The van der Waals surface area contributed by atoms with Crippen LogP contribution in [0.1, 0.15) is 16.7 Å². The summed E-state index contributed by atoms with van der Waals surface area (Å²) in [5.41, 5.74) is 4.95. The molecule has 0 bridgehead atoms. The molecule has 1 rings (SSSR count). The first-order valence-corrected chi connectivity index (χ1v) is 26.1. The molecule has 0 spiro atoms. The van der Waals surface area contributed by atoms with Crippen molar-refractivity contribution >= 4 is 46.5 Å². The van der Waals surface area contributed by atoms with Gasteiger partial charge in [-0.1, -0.05) is 96.3 Å². The average Bonchev–Trinajstić information content (AvgIpc) is 2.35. The number of rotatable bonds is 7. The molecule has 7 heteroatoms. The number of hydrogen-bond donors (Lipinski definition) is 0. The van der Waals surface area contributed by atoms with Crippen LogP contribution in [0.5, 0.6) is 0 Å². The maximum absolute atomic E-state index is 17.6. The molecule has 29 heavy (non-hydrogen) atoms. The Kier molecular flexibility index (Phi) is 7.81. The maximum Gasteiger partial charge on any atom is 0.173 e. The number of aryl methyl sites for hydroxylation is 3. The third-order valence-electron chi connectivity index (χ3n) is 6.19. The van der Waals surface area contributed by atoms with Crippen molar-refractivity contribution in [1.82, 2.24) is 0 Å². The highest BCUT2D eigenvalue weighted by Gasteiger charge is 2.67. The summed E-state index contributed by atoms with van der Waals surface area (Å²) in [6.07, 6.45) is 0. The van der Waals surface area contributed by atoms with Gasteiger partial charge in [-0.3, -0.25) is 0 Å². The lowest BCUT2D eigenvalue weighted by atomic mass is 10.1. The molecule has 0 aliphatic heterocycles. The summed E-state index contributed by atoms with van der Waals surface area (Å²) in [5.74, 6) is 0. The minimum atomic E-state index is -1.96. The molecule has 1 nitrogen and oxygen atoms in total. The highest BCUT2D eigenvalue weighted by atomic mass is 31.2. The summed E-state index contributed by atoms with van der Waals surface area (Å²) in [6.45, 7) is 35.6. The summed E-state index contributed by atoms with van der Waals surface area (Å²) in [5, 5.41) is 0. The Morgan fingerprint density at radius 3 is 1.24 bits per heavy atom. The first kappa shape index (κ1) is 27.3. The second-order valence-corrected chi connectivity index (χ2v) is 38.2. The fourth-order valence-electron chi connectivity index (χ4n) is 6.55. The predicted molar refractivity (Wildman–Crippen MR) is 147 cm³/mol. The SMILES string of the molecule is Cc1cc(C)c(N(P(F)C([Si](C)(C)C)([Si](C)(C)C)[Si](C)(C)C)[Si](C)(C)C)c(C)c1. The number of nitrogens with zero attached hydrogens (tertiary/aromatic N) is 1. The summed E-state index contributed by atoms with van der Waals surface area (Å²) in [7, 11) is -9.24. The number of anilines is 1. The molecule has 1 aromatic rings. The Bertz CT molecular complexity index is 680. The van der Waals surface area contributed by atoms with Gasteiger partial charge in [-0.15, -0.1) is 0 Å². The van der Waals surface area contributed by atoms with Crippen molar-refractivity contribution in [3.63, 3.8) is 0 Å². The van der Waals surface area contributed by atoms with Gasteiger partial charge in [0, 0.05) is 9.71 Å². The van der Waals surface area contributed by atoms with Crippen LogP contribution in [-0.2, 0) is 0 Å². The van der Waals surface area contributed by atoms with Gasteiger partial charge in [-0.05, 0) is 31.9 Å². The van der Waals surface area contributed by atoms with E-state index in [1.54, 1.807) is 0 Å². The Morgan fingerprint density at radius 1 is 0.690 bits per heavy atom. The molecule has 1 aromatic carbocycles. The van der Waals surface area contributed by atoms with Gasteiger partial charge in [-0.25, -0.2) is 4.20 Å². The van der Waals surface area contributed by atoms with Gasteiger partial charge in [0.2, 0.25) is 0 Å². The predicted octanol–water partition coefficient (Wildman–Crippen LogP) is 8.91. The third kappa shape index (κ3) is 4.86. The van der Waals surface area contributed by atoms with Crippen molar-refractivity contribution in [2.24, 2.45) is 0 Å². The van der Waals surface area contributed by atoms with E-state index in [4.69, 9.17) is 0 Å². The Hall–Kier alpha value is 0.248. The van der Waals surface area contributed by atoms with E-state index in [1.165, 1.54) is 22.4 Å². The first-order chi connectivity index (χ1) is 12.6. The minimum absolute atomic E-state index is 0.0909. The van der Waals surface area contributed by atoms with Crippen LogP contribution in [0.25, 0.3) is 0 Å².